The Kier molecular flexibility index (Phi) is 8.04. The van der Waals surface area contributed by atoms with E-state index >= 15 is 0 Å². The van der Waals surface area contributed by atoms with E-state index in [-0.39, 0.29) is 12.0 Å². The molecule has 0 N–H and O–H groups in total. The summed E-state index contributed by atoms with van der Waals surface area (Å²) in [6, 6.07) is 3.52. The van der Waals surface area contributed by atoms with Gasteiger partial charge < -0.3 is 23.8 Å². The van der Waals surface area contributed by atoms with Gasteiger partial charge in [0.2, 0.25) is 5.75 Å². The maximum absolute atomic E-state index is 13.0. The van der Waals surface area contributed by atoms with Crippen LogP contribution in [0.4, 0.5) is 0 Å². The van der Waals surface area contributed by atoms with Crippen LogP contribution in [0.5, 0.6) is 17.2 Å². The third-order valence-corrected chi connectivity index (χ3v) is 4.29. The van der Waals surface area contributed by atoms with Crippen molar-refractivity contribution in [2.75, 3.05) is 39.5 Å². The van der Waals surface area contributed by atoms with Crippen LogP contribution < -0.4 is 14.2 Å². The first-order chi connectivity index (χ1) is 12.6. The summed E-state index contributed by atoms with van der Waals surface area (Å²) in [6.45, 7) is 11.3. The SMILES string of the molecule is CCOc1cc(C(=O)N2CCC(OCC)CC2)cc(OCC)c1OCC. The second-order valence-corrected chi connectivity index (χ2v) is 6.05. The minimum Gasteiger partial charge on any atom is -0.490 e. The summed E-state index contributed by atoms with van der Waals surface area (Å²) in [5.74, 6) is 1.65. The lowest BCUT2D eigenvalue weighted by atomic mass is 10.1. The predicted octanol–water partition coefficient (Wildman–Crippen LogP) is 3.52. The van der Waals surface area contributed by atoms with Gasteiger partial charge in [0.05, 0.1) is 25.9 Å². The van der Waals surface area contributed by atoms with E-state index in [2.05, 4.69) is 0 Å². The number of ether oxygens (including phenoxy) is 4. The van der Waals surface area contributed by atoms with Crippen LogP contribution in [0, 0.1) is 0 Å². The van der Waals surface area contributed by atoms with E-state index in [4.69, 9.17) is 18.9 Å². The summed E-state index contributed by atoms with van der Waals surface area (Å²) in [5, 5.41) is 0. The number of rotatable bonds is 9. The fourth-order valence-corrected chi connectivity index (χ4v) is 3.16. The molecule has 0 bridgehead atoms. The van der Waals surface area contributed by atoms with Crippen LogP contribution in [0.15, 0.2) is 12.1 Å². The fraction of sp³-hybridized carbons (Fsp3) is 0.650. The van der Waals surface area contributed by atoms with Crippen molar-refractivity contribution in [1.82, 2.24) is 4.90 Å². The fourth-order valence-electron chi connectivity index (χ4n) is 3.16. The topological polar surface area (TPSA) is 57.2 Å². The molecule has 0 atom stereocenters. The summed E-state index contributed by atoms with van der Waals surface area (Å²) in [5.41, 5.74) is 0.565. The van der Waals surface area contributed by atoms with E-state index < -0.39 is 0 Å². The summed E-state index contributed by atoms with van der Waals surface area (Å²) in [7, 11) is 0. The van der Waals surface area contributed by atoms with Crippen molar-refractivity contribution >= 4 is 5.91 Å². The first-order valence-electron chi connectivity index (χ1n) is 9.61. The molecular weight excluding hydrogens is 334 g/mol. The number of piperidine rings is 1. The third kappa shape index (κ3) is 5.04. The Morgan fingerprint density at radius 1 is 0.923 bits per heavy atom. The molecule has 0 saturated carbocycles. The summed E-state index contributed by atoms with van der Waals surface area (Å²) < 4.78 is 22.8. The van der Waals surface area contributed by atoms with Crippen LogP contribution in [0.25, 0.3) is 0 Å². The standard InChI is InChI=1S/C20H31NO5/c1-5-23-16-9-11-21(12-10-16)20(22)15-13-17(24-6-2)19(26-8-4)18(14-15)25-7-3/h13-14,16H,5-12H2,1-4H3. The molecule has 1 saturated heterocycles. The van der Waals surface area contributed by atoms with E-state index in [1.54, 1.807) is 12.1 Å². The highest BCUT2D eigenvalue weighted by Gasteiger charge is 2.26. The van der Waals surface area contributed by atoms with Crippen molar-refractivity contribution in [1.29, 1.82) is 0 Å². The number of amides is 1. The lowest BCUT2D eigenvalue weighted by molar-refractivity contribution is 0.0146. The number of carbonyl (C=O) groups is 1. The molecule has 1 fully saturated rings. The van der Waals surface area contributed by atoms with E-state index in [0.29, 0.717) is 62.3 Å². The maximum Gasteiger partial charge on any atom is 0.254 e. The van der Waals surface area contributed by atoms with Gasteiger partial charge in [-0.05, 0) is 52.7 Å². The Labute approximate surface area is 156 Å². The highest BCUT2D eigenvalue weighted by Crippen LogP contribution is 2.39. The number of hydrogen-bond donors (Lipinski definition) is 0. The Morgan fingerprint density at radius 2 is 1.46 bits per heavy atom. The molecule has 146 valence electrons. The van der Waals surface area contributed by atoms with Crippen molar-refractivity contribution in [2.45, 2.75) is 46.6 Å². The Bertz CT molecular complexity index is 555. The molecule has 1 aliphatic rings. The molecule has 0 aromatic heterocycles. The average Bonchev–Trinajstić information content (AvgIpc) is 2.65. The molecule has 6 heteroatoms. The van der Waals surface area contributed by atoms with Crippen molar-refractivity contribution < 1.29 is 23.7 Å². The van der Waals surface area contributed by atoms with Gasteiger partial charge in [-0.1, -0.05) is 0 Å². The maximum atomic E-state index is 13.0. The molecule has 2 rings (SSSR count). The number of nitrogens with zero attached hydrogens (tertiary/aromatic N) is 1. The molecule has 1 aliphatic heterocycles. The zero-order valence-electron chi connectivity index (χ0n) is 16.4. The first-order valence-corrected chi connectivity index (χ1v) is 9.61. The Morgan fingerprint density at radius 3 is 1.92 bits per heavy atom. The zero-order chi connectivity index (χ0) is 18.9. The lowest BCUT2D eigenvalue weighted by Gasteiger charge is -2.32. The third-order valence-electron chi connectivity index (χ3n) is 4.29. The Balaban J connectivity index is 2.23. The van der Waals surface area contributed by atoms with Crippen LogP contribution >= 0.6 is 0 Å². The van der Waals surface area contributed by atoms with Crippen molar-refractivity contribution in [3.63, 3.8) is 0 Å². The van der Waals surface area contributed by atoms with Crippen LogP contribution in [0.2, 0.25) is 0 Å². The van der Waals surface area contributed by atoms with Gasteiger partial charge in [0.25, 0.3) is 5.91 Å². The first kappa shape index (κ1) is 20.4. The second-order valence-electron chi connectivity index (χ2n) is 6.05. The van der Waals surface area contributed by atoms with Crippen molar-refractivity contribution in [2.24, 2.45) is 0 Å². The van der Waals surface area contributed by atoms with Crippen LogP contribution in [0.3, 0.4) is 0 Å². The molecule has 1 heterocycles. The largest absolute Gasteiger partial charge is 0.490 e. The smallest absolute Gasteiger partial charge is 0.254 e. The normalized spacial score (nSPS) is 15.0. The van der Waals surface area contributed by atoms with Crippen molar-refractivity contribution in [3.05, 3.63) is 17.7 Å². The molecular formula is C20H31NO5. The van der Waals surface area contributed by atoms with E-state index in [0.717, 1.165) is 12.8 Å². The average molecular weight is 365 g/mol. The minimum atomic E-state index is -0.00935. The molecule has 1 aromatic rings. The minimum absolute atomic E-state index is 0.00935. The van der Waals surface area contributed by atoms with Gasteiger partial charge in [-0.25, -0.2) is 0 Å². The van der Waals surface area contributed by atoms with Crippen LogP contribution in [-0.2, 0) is 4.74 Å². The number of likely N-dealkylation sites (tertiary alicyclic amines) is 1. The summed E-state index contributed by atoms with van der Waals surface area (Å²) in [6.07, 6.45) is 1.99. The molecule has 0 spiro atoms. The van der Waals surface area contributed by atoms with Gasteiger partial charge in [-0.2, -0.15) is 0 Å². The predicted molar refractivity (Wildman–Crippen MR) is 101 cm³/mol. The van der Waals surface area contributed by atoms with Crippen LogP contribution in [0.1, 0.15) is 50.9 Å². The van der Waals surface area contributed by atoms with Gasteiger partial charge in [0.1, 0.15) is 0 Å². The lowest BCUT2D eigenvalue weighted by Crippen LogP contribution is -2.40. The zero-order valence-corrected chi connectivity index (χ0v) is 16.4. The molecule has 0 radical (unpaired) electrons. The number of benzene rings is 1. The second kappa shape index (κ2) is 10.3. The molecule has 1 amide bonds. The highest BCUT2D eigenvalue weighted by atomic mass is 16.5. The van der Waals surface area contributed by atoms with Gasteiger partial charge in [0, 0.05) is 25.3 Å². The molecule has 6 nitrogen and oxygen atoms in total. The molecule has 0 aliphatic carbocycles. The Hall–Kier alpha value is -1.95. The number of carbonyl (C=O) groups excluding carboxylic acids is 1. The van der Waals surface area contributed by atoms with Crippen molar-refractivity contribution in [3.8, 4) is 17.2 Å². The molecule has 1 aromatic carbocycles. The quantitative estimate of drug-likeness (QED) is 0.670. The van der Waals surface area contributed by atoms with Crippen LogP contribution in [-0.4, -0.2) is 56.4 Å². The summed E-state index contributed by atoms with van der Waals surface area (Å²) in [4.78, 5) is 14.9. The van der Waals surface area contributed by atoms with E-state index in [9.17, 15) is 4.79 Å². The van der Waals surface area contributed by atoms with Gasteiger partial charge in [-0.15, -0.1) is 0 Å². The van der Waals surface area contributed by atoms with E-state index in [1.165, 1.54) is 0 Å². The van der Waals surface area contributed by atoms with Gasteiger partial charge in [0.15, 0.2) is 11.5 Å². The monoisotopic (exact) mass is 365 g/mol. The molecule has 0 unspecified atom stereocenters. The van der Waals surface area contributed by atoms with Gasteiger partial charge in [-0.3, -0.25) is 4.79 Å². The summed E-state index contributed by atoms with van der Waals surface area (Å²) >= 11 is 0. The molecule has 26 heavy (non-hydrogen) atoms. The van der Waals surface area contributed by atoms with E-state index in [1.807, 2.05) is 32.6 Å². The van der Waals surface area contributed by atoms with Gasteiger partial charge >= 0.3 is 0 Å². The highest BCUT2D eigenvalue weighted by molar-refractivity contribution is 5.95. The number of hydrogen-bond acceptors (Lipinski definition) is 5.